The third-order valence-electron chi connectivity index (χ3n) is 6.25. The van der Waals surface area contributed by atoms with Gasteiger partial charge in [0.05, 0.1) is 12.1 Å². The van der Waals surface area contributed by atoms with Gasteiger partial charge in [0.2, 0.25) is 0 Å². The van der Waals surface area contributed by atoms with Crippen LogP contribution in [-0.4, -0.2) is 29.2 Å². The van der Waals surface area contributed by atoms with Crippen molar-refractivity contribution in [3.05, 3.63) is 76.3 Å². The fourth-order valence-electron chi connectivity index (χ4n) is 4.79. The van der Waals surface area contributed by atoms with Gasteiger partial charge in [0.1, 0.15) is 8.30 Å². The van der Waals surface area contributed by atoms with Crippen molar-refractivity contribution in [2.24, 2.45) is 0 Å². The maximum absolute atomic E-state index is 11.9. The van der Waals surface area contributed by atoms with E-state index in [2.05, 4.69) is 67.0 Å². The van der Waals surface area contributed by atoms with Crippen molar-refractivity contribution in [3.63, 3.8) is 0 Å². The van der Waals surface area contributed by atoms with Gasteiger partial charge in [-0.1, -0.05) is 54.1 Å². The van der Waals surface area contributed by atoms with Crippen LogP contribution in [-0.2, 0) is 17.6 Å². The van der Waals surface area contributed by atoms with E-state index < -0.39 is 14.3 Å². The number of anilines is 1. The summed E-state index contributed by atoms with van der Waals surface area (Å²) < 4.78 is 2.08. The molecule has 4 nitrogen and oxygen atoms in total. The quantitative estimate of drug-likeness (QED) is 0.505. The van der Waals surface area contributed by atoms with Gasteiger partial charge in [0.25, 0.3) is 0 Å². The van der Waals surface area contributed by atoms with E-state index >= 15 is 0 Å². The number of carbonyl (C=O) groups is 1. The Bertz CT molecular complexity index is 1150. The minimum Gasteiger partial charge on any atom is -0.481 e. The van der Waals surface area contributed by atoms with Crippen molar-refractivity contribution in [1.29, 1.82) is 0 Å². The maximum Gasteiger partial charge on any atom is 0.307 e. The zero-order valence-corrected chi connectivity index (χ0v) is 19.3. The fraction of sp³-hybridized carbons (Fsp3) is 0.269. The van der Waals surface area contributed by atoms with Gasteiger partial charge in [-0.25, -0.2) is 0 Å². The second-order valence-corrected chi connectivity index (χ2v) is 9.75. The van der Waals surface area contributed by atoms with Crippen LogP contribution in [0.2, 0.25) is 0 Å². The number of benzene rings is 3. The molecule has 0 radical (unpaired) electrons. The summed E-state index contributed by atoms with van der Waals surface area (Å²) in [5, 5.41) is 9.73. The smallest absolute Gasteiger partial charge is 0.307 e. The number of rotatable bonds is 4. The van der Waals surface area contributed by atoms with E-state index in [1.54, 1.807) is 0 Å². The van der Waals surface area contributed by atoms with Crippen molar-refractivity contribution in [3.8, 4) is 22.3 Å². The Morgan fingerprint density at radius 2 is 1.68 bits per heavy atom. The van der Waals surface area contributed by atoms with E-state index in [1.807, 2.05) is 13.6 Å². The number of hydrogen-bond acceptors (Lipinski definition) is 3. The third-order valence-corrected chi connectivity index (χ3v) is 7.35. The molecule has 1 heterocycles. The molecule has 3 aromatic carbocycles. The molecular formula is C26H28NO3P. The summed E-state index contributed by atoms with van der Waals surface area (Å²) in [6.45, 7) is 8.70. The van der Waals surface area contributed by atoms with Crippen molar-refractivity contribution in [2.45, 2.75) is 33.6 Å². The first-order chi connectivity index (χ1) is 14.8. The number of fused-ring (bicyclic) bond motifs is 3. The van der Waals surface area contributed by atoms with Gasteiger partial charge in [0, 0.05) is 12.1 Å². The average Bonchev–Trinajstić information content (AvgIpc) is 2.90. The van der Waals surface area contributed by atoms with Crippen molar-refractivity contribution >= 4 is 20.0 Å². The Hall–Kier alpha value is -2.68. The zero-order valence-electron chi connectivity index (χ0n) is 18.4. The van der Waals surface area contributed by atoms with E-state index in [0.717, 1.165) is 45.5 Å². The molecule has 0 bridgehead atoms. The molecule has 1 atom stereocenters. The number of carboxylic acids is 1. The summed E-state index contributed by atoms with van der Waals surface area (Å²) in [6.07, 6.45) is 0.789. The Labute approximate surface area is 185 Å². The van der Waals surface area contributed by atoms with Gasteiger partial charge in [0.15, 0.2) is 0 Å². The van der Waals surface area contributed by atoms with E-state index in [9.17, 15) is 14.8 Å². The van der Waals surface area contributed by atoms with Crippen LogP contribution in [0, 0.1) is 20.8 Å². The number of aliphatic carboxylic acids is 1. The molecule has 160 valence electrons. The molecular weight excluding hydrogens is 405 g/mol. The Morgan fingerprint density at radius 3 is 2.32 bits per heavy atom. The molecule has 0 aromatic heterocycles. The minimum atomic E-state index is -1.37. The van der Waals surface area contributed by atoms with E-state index in [-0.39, 0.29) is 6.42 Å². The molecule has 0 saturated heterocycles. The molecule has 5 heteroatoms. The van der Waals surface area contributed by atoms with Gasteiger partial charge in [-0.05, 0) is 72.8 Å². The SMILES string of the molecule is Cc1ccc(-c2c(C)c3c(c(C)c2CC(=O)O)N(P(C)O)CCc2ccccc2-3)cc1. The summed E-state index contributed by atoms with van der Waals surface area (Å²) in [4.78, 5) is 22.6. The molecule has 1 aliphatic heterocycles. The number of carboxylic acid groups (broad SMARTS) is 1. The largest absolute Gasteiger partial charge is 0.481 e. The van der Waals surface area contributed by atoms with Gasteiger partial charge in [-0.3, -0.25) is 4.79 Å². The van der Waals surface area contributed by atoms with Crippen molar-refractivity contribution < 1.29 is 14.8 Å². The normalized spacial score (nSPS) is 13.9. The summed E-state index contributed by atoms with van der Waals surface area (Å²) in [5.41, 5.74) is 10.5. The molecule has 31 heavy (non-hydrogen) atoms. The molecule has 2 N–H and O–H groups in total. The fourth-order valence-corrected chi connectivity index (χ4v) is 5.72. The second-order valence-electron chi connectivity index (χ2n) is 8.28. The maximum atomic E-state index is 11.9. The molecule has 0 spiro atoms. The summed E-state index contributed by atoms with van der Waals surface area (Å²) in [6, 6.07) is 16.7. The molecule has 3 aromatic rings. The van der Waals surface area contributed by atoms with Crippen LogP contribution >= 0.6 is 8.30 Å². The van der Waals surface area contributed by atoms with Crippen LogP contribution in [0.15, 0.2) is 48.5 Å². The van der Waals surface area contributed by atoms with Crippen molar-refractivity contribution in [2.75, 3.05) is 17.9 Å². The summed E-state index contributed by atoms with van der Waals surface area (Å²) in [7, 11) is -1.37. The van der Waals surface area contributed by atoms with Crippen molar-refractivity contribution in [1.82, 2.24) is 0 Å². The van der Waals surface area contributed by atoms with Crippen LogP contribution in [0.5, 0.6) is 0 Å². The van der Waals surface area contributed by atoms with E-state index in [1.165, 1.54) is 16.7 Å². The number of hydrogen-bond donors (Lipinski definition) is 2. The molecule has 4 rings (SSSR count). The molecule has 0 amide bonds. The Morgan fingerprint density at radius 1 is 1.00 bits per heavy atom. The highest BCUT2D eigenvalue weighted by Gasteiger charge is 2.30. The molecule has 1 unspecified atom stereocenters. The lowest BCUT2D eigenvalue weighted by Gasteiger charge is -2.32. The predicted octanol–water partition coefficient (Wildman–Crippen LogP) is 5.87. The first kappa shape index (κ1) is 21.5. The summed E-state index contributed by atoms with van der Waals surface area (Å²) >= 11 is 0. The van der Waals surface area contributed by atoms with E-state index in [4.69, 9.17) is 0 Å². The van der Waals surface area contributed by atoms with Crippen LogP contribution in [0.4, 0.5) is 5.69 Å². The average molecular weight is 433 g/mol. The highest BCUT2D eigenvalue weighted by atomic mass is 31.2. The first-order valence-corrected chi connectivity index (χ1v) is 12.2. The van der Waals surface area contributed by atoms with Crippen LogP contribution in [0.3, 0.4) is 0 Å². The van der Waals surface area contributed by atoms with Gasteiger partial charge >= 0.3 is 5.97 Å². The van der Waals surface area contributed by atoms with Gasteiger partial charge in [-0.2, -0.15) is 0 Å². The lowest BCUT2D eigenvalue weighted by Crippen LogP contribution is -2.21. The standard InChI is InChI=1S/C26H28NO3P/c1-16-9-11-20(12-10-16)24-18(3)25-21-8-6-5-7-19(21)13-14-27(31(4)30)26(25)17(2)22(24)15-23(28)29/h5-12,30H,13-15H2,1-4H3,(H,28,29). The highest BCUT2D eigenvalue weighted by molar-refractivity contribution is 7.52. The van der Waals surface area contributed by atoms with Crippen LogP contribution < -0.4 is 4.67 Å². The van der Waals surface area contributed by atoms with Crippen LogP contribution in [0.25, 0.3) is 22.3 Å². The minimum absolute atomic E-state index is 0.0499. The molecule has 0 fully saturated rings. The number of aryl methyl sites for hydroxylation is 1. The molecule has 0 saturated carbocycles. The van der Waals surface area contributed by atoms with Crippen LogP contribution in [0.1, 0.15) is 27.8 Å². The van der Waals surface area contributed by atoms with Gasteiger partial charge in [-0.15, -0.1) is 0 Å². The van der Waals surface area contributed by atoms with E-state index in [0.29, 0.717) is 6.54 Å². The topological polar surface area (TPSA) is 60.8 Å². The Kier molecular flexibility index (Phi) is 5.88. The molecule has 0 aliphatic carbocycles. The monoisotopic (exact) mass is 433 g/mol. The predicted molar refractivity (Wildman–Crippen MR) is 129 cm³/mol. The summed E-state index contributed by atoms with van der Waals surface area (Å²) in [5.74, 6) is -0.848. The van der Waals surface area contributed by atoms with Gasteiger partial charge < -0.3 is 14.7 Å². The highest BCUT2D eigenvalue weighted by Crippen LogP contribution is 2.51. The lowest BCUT2D eigenvalue weighted by molar-refractivity contribution is -0.136. The lowest BCUT2D eigenvalue weighted by atomic mass is 9.82. The first-order valence-electron chi connectivity index (χ1n) is 10.5. The Balaban J connectivity index is 2.14. The molecule has 1 aliphatic rings. The third kappa shape index (κ3) is 3.86. The number of nitrogens with zero attached hydrogens (tertiary/aromatic N) is 1. The second kappa shape index (κ2) is 8.45. The zero-order chi connectivity index (χ0) is 22.3.